The number of aromatic nitrogens is 2. The standard InChI is InChI=1S/C11H8ClF2N3/c12-11-15-4-3-10(17-11)16-6-7-5-8(13)1-2-9(7)14/h1-5H,6H2,(H,15,16,17). The fourth-order valence-corrected chi connectivity index (χ4v) is 1.45. The predicted octanol–water partition coefficient (Wildman–Crippen LogP) is 3.02. The lowest BCUT2D eigenvalue weighted by molar-refractivity contribution is 0.587. The van der Waals surface area contributed by atoms with Gasteiger partial charge in [0.25, 0.3) is 0 Å². The van der Waals surface area contributed by atoms with E-state index in [-0.39, 0.29) is 17.4 Å². The molecule has 1 aromatic carbocycles. The molecule has 0 aliphatic rings. The van der Waals surface area contributed by atoms with Crippen molar-refractivity contribution in [3.05, 3.63) is 52.9 Å². The molecule has 1 N–H and O–H groups in total. The largest absolute Gasteiger partial charge is 0.366 e. The average molecular weight is 256 g/mol. The molecule has 0 radical (unpaired) electrons. The third-order valence-electron chi connectivity index (χ3n) is 2.09. The molecule has 0 bridgehead atoms. The molecule has 88 valence electrons. The van der Waals surface area contributed by atoms with Crippen LogP contribution in [0.5, 0.6) is 0 Å². The number of hydrogen-bond donors (Lipinski definition) is 1. The van der Waals surface area contributed by atoms with Gasteiger partial charge in [-0.2, -0.15) is 0 Å². The molecular weight excluding hydrogens is 248 g/mol. The smallest absolute Gasteiger partial charge is 0.224 e. The quantitative estimate of drug-likeness (QED) is 0.857. The molecule has 0 spiro atoms. The summed E-state index contributed by atoms with van der Waals surface area (Å²) in [6, 6.07) is 4.87. The van der Waals surface area contributed by atoms with E-state index in [2.05, 4.69) is 15.3 Å². The number of halogens is 3. The van der Waals surface area contributed by atoms with Gasteiger partial charge < -0.3 is 5.32 Å². The van der Waals surface area contributed by atoms with E-state index in [1.807, 2.05) is 0 Å². The monoisotopic (exact) mass is 255 g/mol. The molecule has 0 aliphatic carbocycles. The average Bonchev–Trinajstić information content (AvgIpc) is 2.30. The van der Waals surface area contributed by atoms with Crippen molar-refractivity contribution >= 4 is 17.4 Å². The normalized spacial score (nSPS) is 10.3. The van der Waals surface area contributed by atoms with Gasteiger partial charge in [-0.1, -0.05) is 0 Å². The molecule has 0 unspecified atom stereocenters. The molecule has 0 atom stereocenters. The van der Waals surface area contributed by atoms with Crippen molar-refractivity contribution in [3.8, 4) is 0 Å². The maximum atomic E-state index is 13.3. The Morgan fingerprint density at radius 2 is 2.06 bits per heavy atom. The summed E-state index contributed by atoms with van der Waals surface area (Å²) in [5.74, 6) is -0.503. The highest BCUT2D eigenvalue weighted by atomic mass is 35.5. The van der Waals surface area contributed by atoms with Gasteiger partial charge in [-0.05, 0) is 35.9 Å². The van der Waals surface area contributed by atoms with Crippen LogP contribution in [0, 0.1) is 11.6 Å². The first-order chi connectivity index (χ1) is 8.15. The summed E-state index contributed by atoms with van der Waals surface area (Å²) < 4.78 is 26.2. The van der Waals surface area contributed by atoms with Gasteiger partial charge >= 0.3 is 0 Å². The number of benzene rings is 1. The van der Waals surface area contributed by atoms with Gasteiger partial charge in [0.2, 0.25) is 5.28 Å². The topological polar surface area (TPSA) is 37.8 Å². The molecule has 0 saturated carbocycles. The van der Waals surface area contributed by atoms with E-state index >= 15 is 0 Å². The number of hydrogen-bond acceptors (Lipinski definition) is 3. The third kappa shape index (κ3) is 3.10. The van der Waals surface area contributed by atoms with Crippen LogP contribution in [-0.4, -0.2) is 9.97 Å². The first kappa shape index (κ1) is 11.7. The van der Waals surface area contributed by atoms with Gasteiger partial charge in [-0.3, -0.25) is 0 Å². The number of nitrogens with one attached hydrogen (secondary N) is 1. The van der Waals surface area contributed by atoms with Gasteiger partial charge in [0, 0.05) is 18.3 Å². The van der Waals surface area contributed by atoms with Crippen LogP contribution in [0.15, 0.2) is 30.5 Å². The Labute approximate surface area is 101 Å². The fraction of sp³-hybridized carbons (Fsp3) is 0.0909. The third-order valence-corrected chi connectivity index (χ3v) is 2.28. The van der Waals surface area contributed by atoms with E-state index in [0.29, 0.717) is 5.82 Å². The van der Waals surface area contributed by atoms with Gasteiger partial charge in [0.05, 0.1) is 0 Å². The van der Waals surface area contributed by atoms with Crippen molar-refractivity contribution < 1.29 is 8.78 Å². The predicted molar refractivity (Wildman–Crippen MR) is 60.7 cm³/mol. The van der Waals surface area contributed by atoms with E-state index in [4.69, 9.17) is 11.6 Å². The zero-order chi connectivity index (χ0) is 12.3. The lowest BCUT2D eigenvalue weighted by Gasteiger charge is -2.06. The number of rotatable bonds is 3. The molecule has 17 heavy (non-hydrogen) atoms. The molecule has 1 heterocycles. The summed E-state index contributed by atoms with van der Waals surface area (Å²) in [7, 11) is 0. The fourth-order valence-electron chi connectivity index (χ4n) is 1.30. The molecule has 0 saturated heterocycles. The van der Waals surface area contributed by atoms with Crippen LogP contribution in [0.25, 0.3) is 0 Å². The number of nitrogens with zero attached hydrogens (tertiary/aromatic N) is 2. The second-order valence-electron chi connectivity index (χ2n) is 3.30. The van der Waals surface area contributed by atoms with Gasteiger partial charge in [0.1, 0.15) is 17.5 Å². The van der Waals surface area contributed by atoms with Crippen LogP contribution in [0.2, 0.25) is 5.28 Å². The van der Waals surface area contributed by atoms with E-state index in [0.717, 1.165) is 18.2 Å². The molecule has 0 aliphatic heterocycles. The lowest BCUT2D eigenvalue weighted by Crippen LogP contribution is -2.04. The van der Waals surface area contributed by atoms with Crippen LogP contribution in [-0.2, 0) is 6.54 Å². The highest BCUT2D eigenvalue weighted by molar-refractivity contribution is 6.28. The van der Waals surface area contributed by atoms with Crippen molar-refractivity contribution in [2.45, 2.75) is 6.54 Å². The number of anilines is 1. The zero-order valence-corrected chi connectivity index (χ0v) is 9.38. The van der Waals surface area contributed by atoms with Crippen molar-refractivity contribution in [3.63, 3.8) is 0 Å². The minimum Gasteiger partial charge on any atom is -0.366 e. The van der Waals surface area contributed by atoms with E-state index in [9.17, 15) is 8.78 Å². The first-order valence-electron chi connectivity index (χ1n) is 4.81. The minimum atomic E-state index is -0.482. The van der Waals surface area contributed by atoms with Crippen molar-refractivity contribution in [1.82, 2.24) is 9.97 Å². The summed E-state index contributed by atoms with van der Waals surface area (Å²) in [5, 5.41) is 2.92. The summed E-state index contributed by atoms with van der Waals surface area (Å²) >= 11 is 5.59. The Morgan fingerprint density at radius 1 is 1.24 bits per heavy atom. The van der Waals surface area contributed by atoms with Crippen LogP contribution in [0.4, 0.5) is 14.6 Å². The second kappa shape index (κ2) is 5.05. The van der Waals surface area contributed by atoms with Crippen LogP contribution in [0.1, 0.15) is 5.56 Å². The SMILES string of the molecule is Fc1ccc(F)c(CNc2ccnc(Cl)n2)c1. The molecule has 0 amide bonds. The molecular formula is C11H8ClF2N3. The van der Waals surface area contributed by atoms with Crippen LogP contribution < -0.4 is 5.32 Å². The summed E-state index contributed by atoms with van der Waals surface area (Å²) in [6.45, 7) is 0.122. The van der Waals surface area contributed by atoms with E-state index in [1.165, 1.54) is 6.20 Å². The Bertz CT molecular complexity index is 534. The first-order valence-corrected chi connectivity index (χ1v) is 5.19. The maximum Gasteiger partial charge on any atom is 0.224 e. The maximum absolute atomic E-state index is 13.3. The minimum absolute atomic E-state index is 0.0923. The molecule has 6 heteroatoms. The second-order valence-corrected chi connectivity index (χ2v) is 3.64. The van der Waals surface area contributed by atoms with Crippen LogP contribution in [0.3, 0.4) is 0 Å². The van der Waals surface area contributed by atoms with Gasteiger partial charge in [-0.25, -0.2) is 18.7 Å². The molecule has 1 aromatic heterocycles. The van der Waals surface area contributed by atoms with Crippen molar-refractivity contribution in [2.24, 2.45) is 0 Å². The zero-order valence-electron chi connectivity index (χ0n) is 8.62. The van der Waals surface area contributed by atoms with E-state index < -0.39 is 11.6 Å². The molecule has 2 rings (SSSR count). The Kier molecular flexibility index (Phi) is 3.49. The summed E-state index contributed by atoms with van der Waals surface area (Å²) in [5.41, 5.74) is 0.222. The molecule has 3 nitrogen and oxygen atoms in total. The summed E-state index contributed by atoms with van der Waals surface area (Å²) in [4.78, 5) is 7.57. The van der Waals surface area contributed by atoms with Crippen LogP contribution >= 0.6 is 11.6 Å². The molecule has 2 aromatic rings. The summed E-state index contributed by atoms with van der Waals surface area (Å²) in [6.07, 6.45) is 1.47. The Balaban J connectivity index is 2.09. The van der Waals surface area contributed by atoms with E-state index in [1.54, 1.807) is 6.07 Å². The highest BCUT2D eigenvalue weighted by Gasteiger charge is 2.04. The Morgan fingerprint density at radius 3 is 2.82 bits per heavy atom. The Hall–Kier alpha value is -1.75. The van der Waals surface area contributed by atoms with Gasteiger partial charge in [0.15, 0.2) is 0 Å². The lowest BCUT2D eigenvalue weighted by atomic mass is 10.2. The van der Waals surface area contributed by atoms with Gasteiger partial charge in [-0.15, -0.1) is 0 Å². The molecule has 0 fully saturated rings. The highest BCUT2D eigenvalue weighted by Crippen LogP contribution is 2.12. The van der Waals surface area contributed by atoms with Crippen molar-refractivity contribution in [2.75, 3.05) is 5.32 Å². The van der Waals surface area contributed by atoms with Crippen molar-refractivity contribution in [1.29, 1.82) is 0 Å².